The lowest BCUT2D eigenvalue weighted by Gasteiger charge is -2.05. The third kappa shape index (κ3) is 3.53. The number of aromatic nitrogens is 1. The Kier molecular flexibility index (Phi) is 4.35. The monoisotopic (exact) mass is 329 g/mol. The summed E-state index contributed by atoms with van der Waals surface area (Å²) in [7, 11) is 0. The van der Waals surface area contributed by atoms with E-state index in [9.17, 15) is 4.39 Å². The average Bonchev–Trinajstić information content (AvgIpc) is 2.73. The predicted molar refractivity (Wildman–Crippen MR) is 74.6 cm³/mol. The molecule has 5 heteroatoms. The number of halogens is 2. The van der Waals surface area contributed by atoms with Gasteiger partial charge in [-0.25, -0.2) is 9.37 Å². The molecule has 0 aliphatic carbocycles. The summed E-state index contributed by atoms with van der Waals surface area (Å²) in [5.74, 6) is 0.605. The van der Waals surface area contributed by atoms with Gasteiger partial charge in [0, 0.05) is 21.8 Å². The van der Waals surface area contributed by atoms with E-state index in [2.05, 4.69) is 34.8 Å². The molecule has 2 rings (SSSR count). The highest BCUT2D eigenvalue weighted by molar-refractivity contribution is 9.10. The van der Waals surface area contributed by atoms with E-state index in [0.717, 1.165) is 10.7 Å². The Morgan fingerprint density at radius 3 is 2.78 bits per heavy atom. The number of benzene rings is 1. The van der Waals surface area contributed by atoms with E-state index in [0.29, 0.717) is 22.7 Å². The topological polar surface area (TPSA) is 22.1 Å². The van der Waals surface area contributed by atoms with Gasteiger partial charge in [0.1, 0.15) is 18.2 Å². The molecule has 0 radical (unpaired) electrons. The van der Waals surface area contributed by atoms with Gasteiger partial charge in [-0.1, -0.05) is 29.8 Å². The van der Waals surface area contributed by atoms with Crippen LogP contribution in [0.25, 0.3) is 0 Å². The molecule has 18 heavy (non-hydrogen) atoms. The summed E-state index contributed by atoms with van der Waals surface area (Å²) in [5, 5.41) is 3.07. The van der Waals surface area contributed by atoms with Crippen molar-refractivity contribution in [2.75, 3.05) is 0 Å². The molecule has 0 spiro atoms. The van der Waals surface area contributed by atoms with Crippen LogP contribution in [0.5, 0.6) is 5.75 Å². The number of nitrogens with zero attached hydrogens (tertiary/aromatic N) is 1. The highest BCUT2D eigenvalue weighted by Crippen LogP contribution is 2.23. The van der Waals surface area contributed by atoms with Crippen molar-refractivity contribution in [1.29, 1.82) is 0 Å². The summed E-state index contributed by atoms with van der Waals surface area (Å²) >= 11 is 4.85. The zero-order chi connectivity index (χ0) is 13.1. The van der Waals surface area contributed by atoms with Crippen molar-refractivity contribution in [1.82, 2.24) is 4.98 Å². The second kappa shape index (κ2) is 5.80. The molecule has 1 aromatic carbocycles. The van der Waals surface area contributed by atoms with Gasteiger partial charge in [-0.3, -0.25) is 0 Å². The van der Waals surface area contributed by atoms with Gasteiger partial charge in [-0.2, -0.15) is 0 Å². The lowest BCUT2D eigenvalue weighted by Crippen LogP contribution is -1.97. The van der Waals surface area contributed by atoms with Gasteiger partial charge in [0.25, 0.3) is 0 Å². The average molecular weight is 330 g/mol. The smallest absolute Gasteiger partial charge is 0.131 e. The van der Waals surface area contributed by atoms with Crippen LogP contribution in [-0.2, 0) is 6.61 Å². The van der Waals surface area contributed by atoms with Crippen LogP contribution in [0.1, 0.15) is 30.5 Å². The Balaban J connectivity index is 2.02. The molecular formula is C13H13BrFNOS. The first-order valence-corrected chi connectivity index (χ1v) is 7.25. The van der Waals surface area contributed by atoms with Crippen molar-refractivity contribution in [3.63, 3.8) is 0 Å². The minimum atomic E-state index is -0.319. The standard InChI is InChI=1S/C13H13BrFNOS/c1-8(2)13-16-11(7-18-13)6-17-12-4-9(14)3-10(15)5-12/h3-5,7-8H,6H2,1-2H3. The van der Waals surface area contributed by atoms with Crippen molar-refractivity contribution >= 4 is 27.3 Å². The molecule has 0 atom stereocenters. The highest BCUT2D eigenvalue weighted by Gasteiger charge is 2.07. The van der Waals surface area contributed by atoms with E-state index >= 15 is 0 Å². The molecule has 96 valence electrons. The van der Waals surface area contributed by atoms with Gasteiger partial charge in [-0.15, -0.1) is 11.3 Å². The van der Waals surface area contributed by atoms with Crippen molar-refractivity contribution in [3.05, 3.63) is 44.6 Å². The molecule has 0 saturated heterocycles. The van der Waals surface area contributed by atoms with Crippen molar-refractivity contribution < 1.29 is 9.13 Å². The fourth-order valence-corrected chi connectivity index (χ4v) is 2.69. The van der Waals surface area contributed by atoms with Gasteiger partial charge >= 0.3 is 0 Å². The van der Waals surface area contributed by atoms with E-state index in [1.165, 1.54) is 12.1 Å². The van der Waals surface area contributed by atoms with Crippen LogP contribution < -0.4 is 4.74 Å². The van der Waals surface area contributed by atoms with Crippen molar-refractivity contribution in [2.24, 2.45) is 0 Å². The Bertz CT molecular complexity index is 521. The second-order valence-corrected chi connectivity index (χ2v) is 6.03. The first-order valence-electron chi connectivity index (χ1n) is 5.58. The number of rotatable bonds is 4. The number of hydrogen-bond donors (Lipinski definition) is 0. The highest BCUT2D eigenvalue weighted by atomic mass is 79.9. The van der Waals surface area contributed by atoms with E-state index in [4.69, 9.17) is 4.74 Å². The molecule has 0 bridgehead atoms. The van der Waals surface area contributed by atoms with Crippen LogP contribution in [0.2, 0.25) is 0 Å². The maximum Gasteiger partial charge on any atom is 0.131 e. The molecule has 0 saturated carbocycles. The Morgan fingerprint density at radius 2 is 2.17 bits per heavy atom. The maximum atomic E-state index is 13.1. The predicted octanol–water partition coefficient (Wildman–Crippen LogP) is 4.75. The van der Waals surface area contributed by atoms with Crippen LogP contribution in [0.15, 0.2) is 28.1 Å². The molecular weight excluding hydrogens is 317 g/mol. The molecule has 0 fully saturated rings. The largest absolute Gasteiger partial charge is 0.487 e. The zero-order valence-electron chi connectivity index (χ0n) is 10.1. The quantitative estimate of drug-likeness (QED) is 0.807. The summed E-state index contributed by atoms with van der Waals surface area (Å²) in [6, 6.07) is 4.49. The van der Waals surface area contributed by atoms with E-state index in [1.54, 1.807) is 17.4 Å². The summed E-state index contributed by atoms with van der Waals surface area (Å²) < 4.78 is 19.3. The van der Waals surface area contributed by atoms with Gasteiger partial charge in [0.05, 0.1) is 10.7 Å². The molecule has 0 aliphatic heterocycles. The van der Waals surface area contributed by atoms with Gasteiger partial charge < -0.3 is 4.74 Å². The lowest BCUT2D eigenvalue weighted by molar-refractivity contribution is 0.300. The third-order valence-corrected chi connectivity index (χ3v) is 3.94. The van der Waals surface area contributed by atoms with Gasteiger partial charge in [-0.05, 0) is 12.1 Å². The molecule has 1 heterocycles. The summed E-state index contributed by atoms with van der Waals surface area (Å²) in [6.07, 6.45) is 0. The van der Waals surface area contributed by atoms with Crippen LogP contribution in [0, 0.1) is 5.82 Å². The number of thiazole rings is 1. The van der Waals surface area contributed by atoms with E-state index in [1.807, 2.05) is 5.38 Å². The summed E-state index contributed by atoms with van der Waals surface area (Å²) in [5.41, 5.74) is 0.879. The lowest BCUT2D eigenvalue weighted by atomic mass is 10.2. The molecule has 2 nitrogen and oxygen atoms in total. The molecule has 1 aromatic heterocycles. The second-order valence-electron chi connectivity index (χ2n) is 4.23. The van der Waals surface area contributed by atoms with Gasteiger partial charge in [0.15, 0.2) is 0 Å². The zero-order valence-corrected chi connectivity index (χ0v) is 12.5. The molecule has 0 unspecified atom stereocenters. The minimum Gasteiger partial charge on any atom is -0.487 e. The van der Waals surface area contributed by atoms with Gasteiger partial charge in [0.2, 0.25) is 0 Å². The van der Waals surface area contributed by atoms with Crippen molar-refractivity contribution in [3.8, 4) is 5.75 Å². The first-order chi connectivity index (χ1) is 8.54. The Hall–Kier alpha value is -0.940. The fraction of sp³-hybridized carbons (Fsp3) is 0.308. The fourth-order valence-electron chi connectivity index (χ4n) is 1.42. The summed E-state index contributed by atoms with van der Waals surface area (Å²) in [4.78, 5) is 4.46. The molecule has 0 amide bonds. The van der Waals surface area contributed by atoms with E-state index < -0.39 is 0 Å². The minimum absolute atomic E-state index is 0.319. The third-order valence-electron chi connectivity index (χ3n) is 2.29. The van der Waals surface area contributed by atoms with Crippen LogP contribution in [0.4, 0.5) is 4.39 Å². The maximum absolute atomic E-state index is 13.1. The molecule has 0 aliphatic rings. The van der Waals surface area contributed by atoms with Crippen LogP contribution in [-0.4, -0.2) is 4.98 Å². The molecule has 2 aromatic rings. The first kappa shape index (κ1) is 13.5. The van der Waals surface area contributed by atoms with Crippen molar-refractivity contribution in [2.45, 2.75) is 26.4 Å². The Morgan fingerprint density at radius 1 is 1.39 bits per heavy atom. The van der Waals surface area contributed by atoms with Crippen LogP contribution in [0.3, 0.4) is 0 Å². The SMILES string of the molecule is CC(C)c1nc(COc2cc(F)cc(Br)c2)cs1. The van der Waals surface area contributed by atoms with E-state index in [-0.39, 0.29) is 5.82 Å². The summed E-state index contributed by atoms with van der Waals surface area (Å²) in [6.45, 7) is 4.57. The number of hydrogen-bond acceptors (Lipinski definition) is 3. The normalized spacial score (nSPS) is 10.9. The van der Waals surface area contributed by atoms with Crippen LogP contribution >= 0.6 is 27.3 Å². The Labute approximate surface area is 118 Å². The molecule has 0 N–H and O–H groups in total. The number of ether oxygens (including phenoxy) is 1.